The Morgan fingerprint density at radius 2 is 1.53 bits per heavy atom. The van der Waals surface area contributed by atoms with Gasteiger partial charge in [-0.1, -0.05) is 51.7 Å². The lowest BCUT2D eigenvalue weighted by atomic mass is 10.2. The summed E-state index contributed by atoms with van der Waals surface area (Å²) in [6, 6.07) is -1.43. The summed E-state index contributed by atoms with van der Waals surface area (Å²) in [5.74, 6) is 0. The van der Waals surface area contributed by atoms with Crippen molar-refractivity contribution in [1.29, 1.82) is 0 Å². The molecule has 0 atom stereocenters. The second-order valence-corrected chi connectivity index (χ2v) is 10.3. The van der Waals surface area contributed by atoms with Gasteiger partial charge in [-0.2, -0.15) is 0 Å². The summed E-state index contributed by atoms with van der Waals surface area (Å²) in [5.41, 5.74) is 0. The van der Waals surface area contributed by atoms with Gasteiger partial charge in [-0.25, -0.2) is 8.78 Å². The van der Waals surface area contributed by atoms with Crippen molar-refractivity contribution in [2.24, 2.45) is 0 Å². The molecule has 1 nitrogen and oxygen atoms in total. The predicted molar refractivity (Wildman–Crippen MR) is 72.5 cm³/mol. The summed E-state index contributed by atoms with van der Waals surface area (Å²) in [5, 5.41) is 0. The fraction of sp³-hybridized carbons (Fsp3) is 1.00. The van der Waals surface area contributed by atoms with Crippen molar-refractivity contribution in [1.82, 2.24) is 0 Å². The normalized spacial score (nSPS) is 12.4. The zero-order valence-electron chi connectivity index (χ0n) is 11.6. The van der Waals surface area contributed by atoms with Gasteiger partial charge in [-0.15, -0.1) is 0 Å². The van der Waals surface area contributed by atoms with E-state index in [0.29, 0.717) is 12.7 Å². The molecule has 0 N–H and O–H groups in total. The predicted octanol–water partition coefficient (Wildman–Crippen LogP) is 4.88. The van der Waals surface area contributed by atoms with Crippen LogP contribution in [0.1, 0.15) is 45.4 Å². The van der Waals surface area contributed by atoms with E-state index in [1.165, 1.54) is 25.7 Å². The molecule has 0 heterocycles. The molecule has 0 aliphatic heterocycles. The summed E-state index contributed by atoms with van der Waals surface area (Å²) in [6.07, 6.45) is 6.97. The first-order chi connectivity index (χ1) is 8.00. The van der Waals surface area contributed by atoms with Crippen LogP contribution in [-0.4, -0.2) is 27.3 Å². The molecule has 0 fully saturated rings. The van der Waals surface area contributed by atoms with Gasteiger partial charge in [0.2, 0.25) is 6.05 Å². The lowest BCUT2D eigenvalue weighted by Gasteiger charge is -2.20. The molecule has 4 heteroatoms. The molecule has 0 aromatic heterocycles. The average Bonchev–Trinajstić information content (AvgIpc) is 2.26. The molecule has 0 spiro atoms. The van der Waals surface area contributed by atoms with Gasteiger partial charge >= 0.3 is 0 Å². The minimum atomic E-state index is -2.28. The van der Waals surface area contributed by atoms with Gasteiger partial charge in [-0.3, -0.25) is 0 Å². The van der Waals surface area contributed by atoms with Crippen LogP contribution in [0.5, 0.6) is 0 Å². The Hall–Kier alpha value is 0.0369. The number of hydrogen-bond donors (Lipinski definition) is 0. The van der Waals surface area contributed by atoms with Crippen molar-refractivity contribution >= 4 is 8.07 Å². The van der Waals surface area contributed by atoms with Gasteiger partial charge in [0.15, 0.2) is 0 Å². The van der Waals surface area contributed by atoms with Crippen LogP contribution in [0.3, 0.4) is 0 Å². The van der Waals surface area contributed by atoms with Crippen molar-refractivity contribution in [3.63, 3.8) is 0 Å². The summed E-state index contributed by atoms with van der Waals surface area (Å²) >= 11 is 0. The zero-order valence-corrected chi connectivity index (χ0v) is 12.6. The Kier molecular flexibility index (Phi) is 10.0. The fourth-order valence-corrected chi connectivity index (χ4v) is 2.92. The lowest BCUT2D eigenvalue weighted by Crippen LogP contribution is -2.35. The van der Waals surface area contributed by atoms with Crippen molar-refractivity contribution in [2.75, 3.05) is 13.2 Å². The van der Waals surface area contributed by atoms with Crippen LogP contribution in [0, 0.1) is 0 Å². The van der Waals surface area contributed by atoms with E-state index in [2.05, 4.69) is 6.92 Å². The Labute approximate surface area is 106 Å². The molecule has 0 bridgehead atoms. The molecule has 17 heavy (non-hydrogen) atoms. The van der Waals surface area contributed by atoms with E-state index in [0.717, 1.165) is 19.4 Å². The second-order valence-electron chi connectivity index (χ2n) is 5.42. The Morgan fingerprint density at radius 1 is 0.941 bits per heavy atom. The Morgan fingerprint density at radius 3 is 2.12 bits per heavy atom. The third kappa shape index (κ3) is 9.71. The molecule has 0 radical (unpaired) electrons. The Bertz CT molecular complexity index is 175. The summed E-state index contributed by atoms with van der Waals surface area (Å²) in [6.45, 7) is 7.15. The maximum atomic E-state index is 12.6. The first kappa shape index (κ1) is 17.0. The third-order valence-electron chi connectivity index (χ3n) is 3.09. The fourth-order valence-electron chi connectivity index (χ4n) is 1.65. The number of hydrogen-bond acceptors (Lipinski definition) is 1. The highest BCUT2D eigenvalue weighted by Crippen LogP contribution is 2.20. The third-order valence-corrected chi connectivity index (χ3v) is 5.92. The zero-order chi connectivity index (χ0) is 13.1. The number of rotatable bonds is 11. The molecule has 0 saturated carbocycles. The van der Waals surface area contributed by atoms with Crippen LogP contribution in [0.4, 0.5) is 8.78 Å². The Balaban J connectivity index is 3.24. The van der Waals surface area contributed by atoms with Crippen LogP contribution in [0.15, 0.2) is 0 Å². The number of halogens is 2. The van der Waals surface area contributed by atoms with Crippen molar-refractivity contribution in [3.05, 3.63) is 0 Å². The standard InChI is InChI=1S/C13H28F2OSi/c1-4-5-6-7-8-10-16-11-9-12-17(2,3)13(14)15/h13H,4-12H2,1-3H3. The molecule has 0 aromatic rings. The van der Waals surface area contributed by atoms with E-state index in [9.17, 15) is 8.78 Å². The topological polar surface area (TPSA) is 9.23 Å². The molecule has 0 rings (SSSR count). The minimum absolute atomic E-state index is 0.650. The van der Waals surface area contributed by atoms with E-state index in [-0.39, 0.29) is 0 Å². The summed E-state index contributed by atoms with van der Waals surface area (Å²) < 4.78 is 30.6. The van der Waals surface area contributed by atoms with E-state index >= 15 is 0 Å². The molecule has 0 aromatic carbocycles. The highest BCUT2D eigenvalue weighted by atomic mass is 28.3. The van der Waals surface area contributed by atoms with Crippen molar-refractivity contribution in [3.8, 4) is 0 Å². The smallest absolute Gasteiger partial charge is 0.220 e. The summed E-state index contributed by atoms with van der Waals surface area (Å²) in [7, 11) is -2.28. The highest BCUT2D eigenvalue weighted by molar-refractivity contribution is 6.78. The highest BCUT2D eigenvalue weighted by Gasteiger charge is 2.31. The minimum Gasteiger partial charge on any atom is -0.381 e. The largest absolute Gasteiger partial charge is 0.381 e. The van der Waals surface area contributed by atoms with Gasteiger partial charge in [0.1, 0.15) is 8.07 Å². The summed E-state index contributed by atoms with van der Waals surface area (Å²) in [4.78, 5) is 0. The molecule has 104 valence electrons. The quantitative estimate of drug-likeness (QED) is 0.383. The number of unbranched alkanes of at least 4 members (excludes halogenated alkanes) is 4. The molecule has 0 aliphatic rings. The van der Waals surface area contributed by atoms with E-state index in [1.807, 2.05) is 0 Å². The second kappa shape index (κ2) is 10.0. The van der Waals surface area contributed by atoms with Gasteiger partial charge in [0.25, 0.3) is 0 Å². The van der Waals surface area contributed by atoms with Gasteiger partial charge in [-0.05, 0) is 12.8 Å². The van der Waals surface area contributed by atoms with Crippen LogP contribution in [0.2, 0.25) is 19.1 Å². The number of ether oxygens (including phenoxy) is 1. The van der Waals surface area contributed by atoms with Crippen molar-refractivity contribution in [2.45, 2.75) is 70.6 Å². The monoisotopic (exact) mass is 266 g/mol. The van der Waals surface area contributed by atoms with Gasteiger partial charge in [0.05, 0.1) is 0 Å². The van der Waals surface area contributed by atoms with Crippen LogP contribution >= 0.6 is 0 Å². The maximum Gasteiger partial charge on any atom is 0.220 e. The lowest BCUT2D eigenvalue weighted by molar-refractivity contribution is 0.129. The molecule has 0 saturated heterocycles. The first-order valence-electron chi connectivity index (χ1n) is 6.86. The van der Waals surface area contributed by atoms with Crippen LogP contribution in [0.25, 0.3) is 0 Å². The van der Waals surface area contributed by atoms with E-state index in [1.54, 1.807) is 13.1 Å². The van der Waals surface area contributed by atoms with Gasteiger partial charge < -0.3 is 4.74 Å². The molecule has 0 amide bonds. The molecular weight excluding hydrogens is 238 g/mol. The maximum absolute atomic E-state index is 12.6. The van der Waals surface area contributed by atoms with E-state index < -0.39 is 14.1 Å². The first-order valence-corrected chi connectivity index (χ1v) is 10.1. The average molecular weight is 266 g/mol. The van der Waals surface area contributed by atoms with Gasteiger partial charge in [0, 0.05) is 13.2 Å². The van der Waals surface area contributed by atoms with Crippen molar-refractivity contribution < 1.29 is 13.5 Å². The SMILES string of the molecule is CCCCCCCOCCC[Si](C)(C)C(F)F. The van der Waals surface area contributed by atoms with Crippen LogP contribution in [-0.2, 0) is 4.74 Å². The van der Waals surface area contributed by atoms with E-state index in [4.69, 9.17) is 4.74 Å². The number of alkyl halides is 2. The molecule has 0 aliphatic carbocycles. The van der Waals surface area contributed by atoms with Crippen LogP contribution < -0.4 is 0 Å². The molecular formula is C13H28F2OSi. The molecule has 0 unspecified atom stereocenters.